The van der Waals surface area contributed by atoms with Crippen LogP contribution in [0.15, 0.2) is 30.3 Å². The Labute approximate surface area is 122 Å². The summed E-state index contributed by atoms with van der Waals surface area (Å²) in [5.74, 6) is 0. The van der Waals surface area contributed by atoms with Gasteiger partial charge in [-0.1, -0.05) is 30.3 Å². The van der Waals surface area contributed by atoms with Gasteiger partial charge in [0.25, 0.3) is 0 Å². The summed E-state index contributed by atoms with van der Waals surface area (Å²) in [5.41, 5.74) is 6.40. The first-order chi connectivity index (χ1) is 9.33. The highest BCUT2D eigenvalue weighted by molar-refractivity contribution is 7.80. The van der Waals surface area contributed by atoms with Gasteiger partial charge in [0.1, 0.15) is 0 Å². The van der Waals surface area contributed by atoms with E-state index < -0.39 is 26.9 Å². The first-order valence-corrected chi connectivity index (χ1v) is 7.94. The largest absolute Gasteiger partial charge is 0.394 e. The third-order valence-corrected chi connectivity index (χ3v) is 1.59. The number of aliphatic hydroxyl groups is 1. The summed E-state index contributed by atoms with van der Waals surface area (Å²) >= 11 is 0. The lowest BCUT2D eigenvalue weighted by Gasteiger charge is -2.06. The van der Waals surface area contributed by atoms with Gasteiger partial charge >= 0.3 is 20.8 Å². The lowest BCUT2D eigenvalue weighted by molar-refractivity contribution is 0.183. The van der Waals surface area contributed by atoms with Gasteiger partial charge in [-0.2, -0.15) is 16.8 Å². The molecule has 21 heavy (non-hydrogen) atoms. The third kappa shape index (κ3) is 32.4. The summed E-state index contributed by atoms with van der Waals surface area (Å²) in [7, 11) is -9.33. The Kier molecular flexibility index (Phi) is 11.2. The molecule has 1 aromatic rings. The molecule has 7 N–H and O–H groups in total. The van der Waals surface area contributed by atoms with E-state index in [-0.39, 0.29) is 0 Å². The molecule has 0 fully saturated rings. The van der Waals surface area contributed by atoms with Crippen LogP contribution in [0.2, 0.25) is 0 Å². The van der Waals surface area contributed by atoms with Gasteiger partial charge in [-0.3, -0.25) is 18.2 Å². The topological polar surface area (TPSA) is 195 Å². The van der Waals surface area contributed by atoms with Crippen LogP contribution in [-0.2, 0) is 27.2 Å². The van der Waals surface area contributed by atoms with E-state index in [4.69, 9.17) is 40.8 Å². The summed E-state index contributed by atoms with van der Waals surface area (Å²) in [6.07, 6.45) is 0.245. The van der Waals surface area contributed by atoms with Crippen LogP contribution in [0.25, 0.3) is 0 Å². The number of hydrogen-bond acceptors (Lipinski definition) is 6. The van der Waals surface area contributed by atoms with E-state index >= 15 is 0 Å². The fourth-order valence-corrected chi connectivity index (χ4v) is 0.970. The molecule has 0 spiro atoms. The highest BCUT2D eigenvalue weighted by Gasteiger charge is 2.00. The van der Waals surface area contributed by atoms with Crippen LogP contribution in [0.4, 0.5) is 0 Å². The lowest BCUT2D eigenvalue weighted by Crippen LogP contribution is -2.21. The summed E-state index contributed by atoms with van der Waals surface area (Å²) in [5, 5.41) is 9.19. The van der Waals surface area contributed by atoms with E-state index in [1.807, 2.05) is 30.3 Å². The Bertz CT molecular complexity index is 524. The van der Waals surface area contributed by atoms with Crippen molar-refractivity contribution in [2.45, 2.75) is 12.5 Å². The Morgan fingerprint density at radius 3 is 1.52 bits per heavy atom. The standard InChI is InChI=1S/C9H13NO.2H2O4S/c10-7-9(11)6-8-4-2-1-3-5-8;2*1-5(2,3)4/h1-5,9,11H,6-7,10H2;2*(H2,1,2,3,4). The average molecular weight is 347 g/mol. The normalized spacial score (nSPS) is 12.3. The summed E-state index contributed by atoms with van der Waals surface area (Å²) in [4.78, 5) is 0. The Balaban J connectivity index is 0. The maximum absolute atomic E-state index is 9.19. The number of rotatable bonds is 3. The maximum Gasteiger partial charge on any atom is 0.394 e. The molecular formula is C9H17NO9S2. The summed E-state index contributed by atoms with van der Waals surface area (Å²) in [6, 6.07) is 9.84. The molecule has 0 amide bonds. The monoisotopic (exact) mass is 347 g/mol. The molecule has 0 bridgehead atoms. The fraction of sp³-hybridized carbons (Fsp3) is 0.333. The molecule has 1 rings (SSSR count). The van der Waals surface area contributed by atoms with Gasteiger partial charge in [0.15, 0.2) is 0 Å². The molecule has 0 aliphatic rings. The summed E-state index contributed by atoms with van der Waals surface area (Å²) < 4.78 is 63.2. The molecule has 1 atom stereocenters. The van der Waals surface area contributed by atoms with Crippen LogP contribution < -0.4 is 5.73 Å². The van der Waals surface area contributed by atoms with Gasteiger partial charge in [-0.25, -0.2) is 0 Å². The van der Waals surface area contributed by atoms with Crippen molar-refractivity contribution in [3.05, 3.63) is 35.9 Å². The molecule has 0 aromatic heterocycles. The molecule has 0 saturated heterocycles. The number of aliphatic hydroxyl groups excluding tert-OH is 1. The molecule has 0 heterocycles. The smallest absolute Gasteiger partial charge is 0.391 e. The van der Waals surface area contributed by atoms with Crippen LogP contribution in [0.3, 0.4) is 0 Å². The molecule has 0 saturated carbocycles. The van der Waals surface area contributed by atoms with Crippen molar-refractivity contribution in [3.63, 3.8) is 0 Å². The minimum atomic E-state index is -4.67. The Hall–Kier alpha value is -1.12. The minimum Gasteiger partial charge on any atom is -0.391 e. The van der Waals surface area contributed by atoms with E-state index in [1.165, 1.54) is 0 Å². The molecule has 12 heteroatoms. The predicted molar refractivity (Wildman–Crippen MR) is 73.6 cm³/mol. The van der Waals surface area contributed by atoms with Gasteiger partial charge in [0.05, 0.1) is 6.10 Å². The second kappa shape index (κ2) is 10.6. The van der Waals surface area contributed by atoms with Crippen LogP contribution in [0, 0.1) is 0 Å². The van der Waals surface area contributed by atoms with E-state index in [0.29, 0.717) is 13.0 Å². The van der Waals surface area contributed by atoms with Crippen LogP contribution in [0.1, 0.15) is 5.56 Å². The van der Waals surface area contributed by atoms with E-state index in [0.717, 1.165) is 5.56 Å². The third-order valence-electron chi connectivity index (χ3n) is 1.59. The van der Waals surface area contributed by atoms with E-state index in [2.05, 4.69) is 0 Å². The van der Waals surface area contributed by atoms with Gasteiger partial charge in [-0.15, -0.1) is 0 Å². The zero-order chi connectivity index (χ0) is 17.1. The molecule has 0 radical (unpaired) electrons. The van der Waals surface area contributed by atoms with Gasteiger partial charge < -0.3 is 10.8 Å². The minimum absolute atomic E-state index is 0.328. The van der Waals surface area contributed by atoms with Crippen LogP contribution >= 0.6 is 0 Å². The second-order valence-corrected chi connectivity index (χ2v) is 5.27. The van der Waals surface area contributed by atoms with Gasteiger partial charge in [0.2, 0.25) is 0 Å². The van der Waals surface area contributed by atoms with E-state index in [1.54, 1.807) is 0 Å². The number of hydrogen-bond donors (Lipinski definition) is 6. The maximum atomic E-state index is 9.19. The highest BCUT2D eigenvalue weighted by atomic mass is 32.3. The van der Waals surface area contributed by atoms with Crippen molar-refractivity contribution in [3.8, 4) is 0 Å². The average Bonchev–Trinajstić information content (AvgIpc) is 2.25. The van der Waals surface area contributed by atoms with Crippen molar-refractivity contribution in [2.24, 2.45) is 5.73 Å². The Morgan fingerprint density at radius 1 is 0.905 bits per heavy atom. The molecule has 0 aliphatic carbocycles. The summed E-state index contributed by atoms with van der Waals surface area (Å²) in [6.45, 7) is 0.328. The van der Waals surface area contributed by atoms with Crippen molar-refractivity contribution in [1.82, 2.24) is 0 Å². The molecule has 1 unspecified atom stereocenters. The first kappa shape index (κ1) is 22.2. The van der Waals surface area contributed by atoms with Crippen molar-refractivity contribution in [1.29, 1.82) is 0 Å². The molecule has 1 aromatic carbocycles. The Morgan fingerprint density at radius 2 is 1.24 bits per heavy atom. The van der Waals surface area contributed by atoms with Crippen molar-refractivity contribution < 1.29 is 40.2 Å². The first-order valence-electron chi connectivity index (χ1n) is 5.14. The molecular weight excluding hydrogens is 330 g/mol. The molecule has 10 nitrogen and oxygen atoms in total. The molecule has 0 aliphatic heterocycles. The fourth-order valence-electron chi connectivity index (χ4n) is 0.970. The quantitative estimate of drug-likeness (QED) is 0.378. The highest BCUT2D eigenvalue weighted by Crippen LogP contribution is 2.01. The van der Waals surface area contributed by atoms with Crippen molar-refractivity contribution in [2.75, 3.05) is 6.54 Å². The zero-order valence-corrected chi connectivity index (χ0v) is 12.3. The van der Waals surface area contributed by atoms with E-state index in [9.17, 15) is 5.11 Å². The molecule has 124 valence electrons. The zero-order valence-electron chi connectivity index (χ0n) is 10.6. The van der Waals surface area contributed by atoms with Crippen LogP contribution in [0.5, 0.6) is 0 Å². The predicted octanol–water partition coefficient (Wildman–Crippen LogP) is -0.757. The van der Waals surface area contributed by atoms with Crippen molar-refractivity contribution >= 4 is 20.8 Å². The lowest BCUT2D eigenvalue weighted by atomic mass is 10.1. The van der Waals surface area contributed by atoms with Gasteiger partial charge in [0, 0.05) is 6.54 Å². The van der Waals surface area contributed by atoms with Gasteiger partial charge in [-0.05, 0) is 12.0 Å². The SMILES string of the molecule is NCC(O)Cc1ccccc1.O=S(=O)(O)O.O=S(=O)(O)O. The number of nitrogens with two attached hydrogens (primary N) is 1. The number of benzene rings is 1. The van der Waals surface area contributed by atoms with Crippen LogP contribution in [-0.4, -0.2) is 52.8 Å². The second-order valence-electron chi connectivity index (χ2n) is 3.47.